The fraction of sp³-hybridized carbons (Fsp3) is 0. The van der Waals surface area contributed by atoms with E-state index >= 15 is 0 Å². The highest BCUT2D eigenvalue weighted by molar-refractivity contribution is 9.10. The Morgan fingerprint density at radius 3 is 2.00 bits per heavy atom. The molecular formula is C20H13BrClN2O2P. The Hall–Kier alpha value is -2.20. The quantitative estimate of drug-likeness (QED) is 0.386. The summed E-state index contributed by atoms with van der Waals surface area (Å²) in [5.74, 6) is 0.0440. The van der Waals surface area contributed by atoms with Gasteiger partial charge in [-0.2, -0.15) is 0 Å². The molecule has 0 fully saturated rings. The first-order valence-corrected chi connectivity index (χ1v) is 10.9. The van der Waals surface area contributed by atoms with Gasteiger partial charge in [-0.25, -0.2) is 9.97 Å². The maximum absolute atomic E-state index is 14.0. The molecular weight excluding hydrogens is 447 g/mol. The maximum Gasteiger partial charge on any atom is 0.308 e. The van der Waals surface area contributed by atoms with Crippen LogP contribution < -0.4 is 15.1 Å². The van der Waals surface area contributed by atoms with Crippen molar-refractivity contribution in [3.05, 3.63) is 88.5 Å². The smallest absolute Gasteiger partial charge is 0.308 e. The monoisotopic (exact) mass is 458 g/mol. The maximum atomic E-state index is 14.0. The molecule has 1 heterocycles. The van der Waals surface area contributed by atoms with E-state index in [1.807, 2.05) is 48.5 Å². The summed E-state index contributed by atoms with van der Waals surface area (Å²) < 4.78 is 20.8. The number of fused-ring (bicyclic) bond motifs is 1. The summed E-state index contributed by atoms with van der Waals surface area (Å²) in [7, 11) is -3.46. The molecule has 0 aliphatic rings. The lowest BCUT2D eigenvalue weighted by Gasteiger charge is -2.20. The fourth-order valence-electron chi connectivity index (χ4n) is 2.67. The Balaban J connectivity index is 1.86. The van der Waals surface area contributed by atoms with E-state index in [1.54, 1.807) is 30.3 Å². The van der Waals surface area contributed by atoms with Gasteiger partial charge in [-0.15, -0.1) is 0 Å². The van der Waals surface area contributed by atoms with Gasteiger partial charge in [0, 0.05) is 4.47 Å². The zero-order valence-corrected chi connectivity index (χ0v) is 17.2. The van der Waals surface area contributed by atoms with Crippen molar-refractivity contribution in [2.24, 2.45) is 0 Å². The molecule has 0 unspecified atom stereocenters. The fourth-order valence-corrected chi connectivity index (χ4v) is 5.26. The molecule has 7 heteroatoms. The first kappa shape index (κ1) is 18.2. The summed E-state index contributed by atoms with van der Waals surface area (Å²) >= 11 is 9.70. The van der Waals surface area contributed by atoms with E-state index in [0.29, 0.717) is 21.6 Å². The van der Waals surface area contributed by atoms with Gasteiger partial charge >= 0.3 is 7.37 Å². The van der Waals surface area contributed by atoms with E-state index in [2.05, 4.69) is 25.9 Å². The second kappa shape index (κ2) is 7.43. The number of benzene rings is 3. The molecule has 0 amide bonds. The summed E-state index contributed by atoms with van der Waals surface area (Å²) in [6.07, 6.45) is 0. The molecule has 27 heavy (non-hydrogen) atoms. The molecule has 0 N–H and O–H groups in total. The highest BCUT2D eigenvalue weighted by Gasteiger charge is 2.31. The van der Waals surface area contributed by atoms with Crippen LogP contribution in [0.25, 0.3) is 11.0 Å². The first-order chi connectivity index (χ1) is 13.1. The lowest BCUT2D eigenvalue weighted by atomic mass is 10.3. The van der Waals surface area contributed by atoms with Gasteiger partial charge in [0.15, 0.2) is 5.15 Å². The summed E-state index contributed by atoms with van der Waals surface area (Å²) in [5, 5.41) is 1.18. The molecule has 0 radical (unpaired) electrons. The van der Waals surface area contributed by atoms with Crippen LogP contribution in [0.4, 0.5) is 0 Å². The zero-order valence-electron chi connectivity index (χ0n) is 13.9. The third-order valence-corrected chi connectivity index (χ3v) is 7.09. The second-order valence-corrected chi connectivity index (χ2v) is 9.36. The van der Waals surface area contributed by atoms with Crippen LogP contribution in [0.5, 0.6) is 5.88 Å². The Bertz CT molecular complexity index is 1110. The third-order valence-electron chi connectivity index (χ3n) is 3.96. The van der Waals surface area contributed by atoms with Gasteiger partial charge < -0.3 is 4.52 Å². The van der Waals surface area contributed by atoms with Gasteiger partial charge in [0.2, 0.25) is 0 Å². The summed E-state index contributed by atoms with van der Waals surface area (Å²) in [5.41, 5.74) is 1.22. The van der Waals surface area contributed by atoms with Gasteiger partial charge in [-0.1, -0.05) is 63.9 Å². The van der Waals surface area contributed by atoms with E-state index in [9.17, 15) is 4.57 Å². The van der Waals surface area contributed by atoms with Crippen molar-refractivity contribution < 1.29 is 9.09 Å². The SMILES string of the molecule is O=P(Oc1nc2ccc(Br)cc2nc1Cl)(c1ccccc1)c1ccccc1. The molecule has 4 rings (SSSR count). The predicted molar refractivity (Wildman–Crippen MR) is 113 cm³/mol. The van der Waals surface area contributed by atoms with Gasteiger partial charge in [-0.3, -0.25) is 4.57 Å². The Morgan fingerprint density at radius 2 is 1.41 bits per heavy atom. The molecule has 3 aromatic carbocycles. The lowest BCUT2D eigenvalue weighted by Crippen LogP contribution is -2.20. The minimum absolute atomic E-state index is 0.0440. The number of halogens is 2. The predicted octanol–water partition coefficient (Wildman–Crippen LogP) is 5.35. The lowest BCUT2D eigenvalue weighted by molar-refractivity contribution is 0.493. The topological polar surface area (TPSA) is 52.1 Å². The molecule has 134 valence electrons. The van der Waals surface area contributed by atoms with E-state index in [1.165, 1.54) is 0 Å². The van der Waals surface area contributed by atoms with Crippen molar-refractivity contribution in [2.45, 2.75) is 0 Å². The van der Waals surface area contributed by atoms with E-state index in [0.717, 1.165) is 4.47 Å². The van der Waals surface area contributed by atoms with Crippen LogP contribution in [-0.2, 0) is 4.57 Å². The van der Waals surface area contributed by atoms with Crippen LogP contribution in [0.2, 0.25) is 5.15 Å². The van der Waals surface area contributed by atoms with Gasteiger partial charge in [0.1, 0.15) is 0 Å². The summed E-state index contributed by atoms with van der Waals surface area (Å²) in [4.78, 5) is 8.78. The molecule has 0 saturated heterocycles. The Labute approximate surface area is 169 Å². The van der Waals surface area contributed by atoms with Crippen molar-refractivity contribution >= 4 is 56.5 Å². The largest absolute Gasteiger partial charge is 0.415 e. The number of nitrogens with zero attached hydrogens (tertiary/aromatic N) is 2. The van der Waals surface area contributed by atoms with Crippen molar-refractivity contribution in [3.8, 4) is 5.88 Å². The minimum atomic E-state index is -3.46. The van der Waals surface area contributed by atoms with Crippen molar-refractivity contribution in [1.29, 1.82) is 0 Å². The minimum Gasteiger partial charge on any atom is -0.415 e. The molecule has 0 bridgehead atoms. The normalized spacial score (nSPS) is 11.5. The molecule has 4 nitrogen and oxygen atoms in total. The number of hydrogen-bond acceptors (Lipinski definition) is 4. The molecule has 0 aliphatic heterocycles. The number of rotatable bonds is 4. The van der Waals surface area contributed by atoms with Gasteiger partial charge in [0.25, 0.3) is 5.88 Å². The molecule has 0 saturated carbocycles. The van der Waals surface area contributed by atoms with Crippen LogP contribution >= 0.6 is 34.9 Å². The van der Waals surface area contributed by atoms with Crippen LogP contribution in [0.1, 0.15) is 0 Å². The van der Waals surface area contributed by atoms with Gasteiger partial charge in [0.05, 0.1) is 21.6 Å². The molecule has 0 atom stereocenters. The standard InChI is InChI=1S/C20H13BrClN2O2P/c21-14-11-12-17-18(13-14)23-19(22)20(24-17)26-27(25,15-7-3-1-4-8-15)16-9-5-2-6-10-16/h1-13H. The van der Waals surface area contributed by atoms with E-state index in [4.69, 9.17) is 16.1 Å². The van der Waals surface area contributed by atoms with E-state index in [-0.39, 0.29) is 11.0 Å². The zero-order chi connectivity index (χ0) is 18.9. The Morgan fingerprint density at radius 1 is 0.815 bits per heavy atom. The molecule has 0 spiro atoms. The first-order valence-electron chi connectivity index (χ1n) is 8.10. The van der Waals surface area contributed by atoms with Crippen LogP contribution in [0.3, 0.4) is 0 Å². The molecule has 0 aliphatic carbocycles. The highest BCUT2D eigenvalue weighted by atomic mass is 79.9. The van der Waals surface area contributed by atoms with Crippen LogP contribution in [0.15, 0.2) is 83.3 Å². The number of aromatic nitrogens is 2. The van der Waals surface area contributed by atoms with Crippen LogP contribution in [0, 0.1) is 0 Å². The van der Waals surface area contributed by atoms with Crippen molar-refractivity contribution in [3.63, 3.8) is 0 Å². The molecule has 1 aromatic heterocycles. The second-order valence-electron chi connectivity index (χ2n) is 5.77. The van der Waals surface area contributed by atoms with Crippen LogP contribution in [-0.4, -0.2) is 9.97 Å². The summed E-state index contributed by atoms with van der Waals surface area (Å²) in [6.45, 7) is 0. The Kier molecular flexibility index (Phi) is 5.00. The average molecular weight is 460 g/mol. The number of hydrogen-bond donors (Lipinski definition) is 0. The van der Waals surface area contributed by atoms with Crippen molar-refractivity contribution in [2.75, 3.05) is 0 Å². The molecule has 4 aromatic rings. The summed E-state index contributed by atoms with van der Waals surface area (Å²) in [6, 6.07) is 23.5. The van der Waals surface area contributed by atoms with Gasteiger partial charge in [-0.05, 0) is 42.5 Å². The highest BCUT2D eigenvalue weighted by Crippen LogP contribution is 2.46. The van der Waals surface area contributed by atoms with E-state index < -0.39 is 7.37 Å². The third kappa shape index (κ3) is 3.63. The average Bonchev–Trinajstić information content (AvgIpc) is 2.70. The van der Waals surface area contributed by atoms with Crippen molar-refractivity contribution in [1.82, 2.24) is 9.97 Å².